The molecule has 2 nitrogen and oxygen atoms in total. The van der Waals surface area contributed by atoms with Crippen LogP contribution in [-0.4, -0.2) is 18.2 Å². The van der Waals surface area contributed by atoms with Crippen molar-refractivity contribution in [3.05, 3.63) is 41.6 Å². The molecule has 1 aliphatic rings. The van der Waals surface area contributed by atoms with Crippen molar-refractivity contribution in [2.45, 2.75) is 31.6 Å². The Balaban J connectivity index is 2.51. The lowest BCUT2D eigenvalue weighted by Crippen LogP contribution is -2.25. The molecule has 0 amide bonds. The standard InChI is InChI=1S/C15H18ClNO/c1-10(16)13(18)9-14-15(2,3)11-7-5-6-8-12(11)17(14)4/h5-10H,1-4H3/b14-9+. The molecule has 18 heavy (non-hydrogen) atoms. The fourth-order valence-electron chi connectivity index (χ4n) is 2.51. The minimum absolute atomic E-state index is 0.0422. The van der Waals surface area contributed by atoms with Crippen molar-refractivity contribution < 1.29 is 4.79 Å². The van der Waals surface area contributed by atoms with E-state index >= 15 is 0 Å². The van der Waals surface area contributed by atoms with Crippen molar-refractivity contribution in [1.29, 1.82) is 0 Å². The van der Waals surface area contributed by atoms with Crippen LogP contribution in [-0.2, 0) is 10.2 Å². The third-order valence-corrected chi connectivity index (χ3v) is 3.83. The van der Waals surface area contributed by atoms with Crippen molar-refractivity contribution in [3.8, 4) is 0 Å². The van der Waals surface area contributed by atoms with Gasteiger partial charge in [-0.25, -0.2) is 0 Å². The van der Waals surface area contributed by atoms with Crippen LogP contribution in [0.25, 0.3) is 0 Å². The van der Waals surface area contributed by atoms with Crippen molar-refractivity contribution in [3.63, 3.8) is 0 Å². The van der Waals surface area contributed by atoms with Crippen molar-refractivity contribution in [1.82, 2.24) is 0 Å². The summed E-state index contributed by atoms with van der Waals surface area (Å²) in [6, 6.07) is 8.23. The number of carbonyl (C=O) groups is 1. The maximum absolute atomic E-state index is 11.8. The molecule has 0 radical (unpaired) electrons. The number of benzene rings is 1. The van der Waals surface area contributed by atoms with Gasteiger partial charge in [0, 0.05) is 29.9 Å². The molecule has 0 N–H and O–H groups in total. The highest BCUT2D eigenvalue weighted by Gasteiger charge is 2.38. The second-order valence-corrected chi connectivity index (χ2v) is 5.90. The van der Waals surface area contributed by atoms with Crippen LogP contribution in [0.1, 0.15) is 26.3 Å². The summed E-state index contributed by atoms with van der Waals surface area (Å²) in [5.74, 6) is -0.0422. The molecule has 0 saturated carbocycles. The van der Waals surface area contributed by atoms with E-state index in [0.29, 0.717) is 0 Å². The van der Waals surface area contributed by atoms with E-state index in [-0.39, 0.29) is 11.2 Å². The predicted octanol–water partition coefficient (Wildman–Crippen LogP) is 3.49. The first-order valence-corrected chi connectivity index (χ1v) is 6.52. The van der Waals surface area contributed by atoms with Crippen molar-refractivity contribution in [2.24, 2.45) is 0 Å². The number of nitrogens with zero attached hydrogens (tertiary/aromatic N) is 1. The fraction of sp³-hybridized carbons (Fsp3) is 0.400. The first kappa shape index (κ1) is 13.2. The highest BCUT2D eigenvalue weighted by Crippen LogP contribution is 2.46. The second-order valence-electron chi connectivity index (χ2n) is 5.25. The Bertz CT molecular complexity index is 517. The summed E-state index contributed by atoms with van der Waals surface area (Å²) in [7, 11) is 1.99. The van der Waals surface area contributed by atoms with E-state index < -0.39 is 5.38 Å². The average Bonchev–Trinajstić information content (AvgIpc) is 2.51. The molecule has 1 aromatic rings. The van der Waals surface area contributed by atoms with Crippen LogP contribution in [0.15, 0.2) is 36.0 Å². The molecular formula is C15H18ClNO. The van der Waals surface area contributed by atoms with E-state index in [0.717, 1.165) is 11.4 Å². The number of alkyl halides is 1. The van der Waals surface area contributed by atoms with E-state index in [4.69, 9.17) is 11.6 Å². The number of fused-ring (bicyclic) bond motifs is 1. The molecule has 1 aliphatic heterocycles. The quantitative estimate of drug-likeness (QED) is 0.601. The predicted molar refractivity (Wildman–Crippen MR) is 76.3 cm³/mol. The zero-order valence-electron chi connectivity index (χ0n) is 11.2. The fourth-order valence-corrected chi connectivity index (χ4v) is 2.57. The van der Waals surface area contributed by atoms with Crippen LogP contribution < -0.4 is 4.90 Å². The smallest absolute Gasteiger partial charge is 0.174 e. The summed E-state index contributed by atoms with van der Waals surface area (Å²) in [4.78, 5) is 13.9. The van der Waals surface area contributed by atoms with Gasteiger partial charge in [0.05, 0.1) is 5.38 Å². The number of halogens is 1. The van der Waals surface area contributed by atoms with Gasteiger partial charge in [0.25, 0.3) is 0 Å². The third-order valence-electron chi connectivity index (χ3n) is 3.61. The van der Waals surface area contributed by atoms with Gasteiger partial charge in [0.15, 0.2) is 5.78 Å². The number of hydrogen-bond acceptors (Lipinski definition) is 2. The number of likely N-dealkylation sites (N-methyl/N-ethyl adjacent to an activating group) is 1. The Kier molecular flexibility index (Phi) is 3.24. The van der Waals surface area contributed by atoms with Crippen LogP contribution in [0.4, 0.5) is 5.69 Å². The molecule has 1 atom stereocenters. The summed E-state index contributed by atoms with van der Waals surface area (Å²) in [5, 5.41) is -0.481. The topological polar surface area (TPSA) is 20.3 Å². The van der Waals surface area contributed by atoms with Gasteiger partial charge in [0.2, 0.25) is 0 Å². The minimum Gasteiger partial charge on any atom is -0.347 e. The lowest BCUT2D eigenvalue weighted by atomic mass is 9.83. The van der Waals surface area contributed by atoms with Crippen LogP contribution in [0.2, 0.25) is 0 Å². The van der Waals surface area contributed by atoms with E-state index in [1.54, 1.807) is 13.0 Å². The summed E-state index contributed by atoms with van der Waals surface area (Å²) < 4.78 is 0. The maximum Gasteiger partial charge on any atom is 0.174 e. The van der Waals surface area contributed by atoms with Crippen LogP contribution in [0, 0.1) is 0 Å². The van der Waals surface area contributed by atoms with Gasteiger partial charge >= 0.3 is 0 Å². The molecule has 0 saturated heterocycles. The first-order valence-electron chi connectivity index (χ1n) is 6.09. The first-order chi connectivity index (χ1) is 8.35. The molecule has 1 heterocycles. The van der Waals surface area contributed by atoms with Gasteiger partial charge in [-0.2, -0.15) is 0 Å². The molecular weight excluding hydrogens is 246 g/mol. The molecule has 0 fully saturated rings. The summed E-state index contributed by atoms with van der Waals surface area (Å²) in [6.45, 7) is 5.97. The Morgan fingerprint density at radius 2 is 2.00 bits per heavy atom. The van der Waals surface area contributed by atoms with E-state index in [9.17, 15) is 4.79 Å². The summed E-state index contributed by atoms with van der Waals surface area (Å²) in [6.07, 6.45) is 1.68. The largest absolute Gasteiger partial charge is 0.347 e. The molecule has 3 heteroatoms. The second kappa shape index (κ2) is 4.43. The monoisotopic (exact) mass is 263 g/mol. The van der Waals surface area contributed by atoms with Crippen LogP contribution in [0.3, 0.4) is 0 Å². The molecule has 2 rings (SSSR count). The zero-order valence-corrected chi connectivity index (χ0v) is 12.0. The Morgan fingerprint density at radius 3 is 2.56 bits per heavy atom. The van der Waals surface area contributed by atoms with Gasteiger partial charge in [-0.05, 0) is 18.6 Å². The SMILES string of the molecule is CC(Cl)C(=O)/C=C1/N(C)c2ccccc2C1(C)C. The number of hydrogen-bond donors (Lipinski definition) is 0. The maximum atomic E-state index is 11.8. The number of para-hydroxylation sites is 1. The highest BCUT2D eigenvalue weighted by molar-refractivity contribution is 6.32. The van der Waals surface area contributed by atoms with Gasteiger partial charge in [-0.3, -0.25) is 4.79 Å². The number of carbonyl (C=O) groups excluding carboxylic acids is 1. The van der Waals surface area contributed by atoms with E-state index in [1.165, 1.54) is 5.56 Å². The van der Waals surface area contributed by atoms with Crippen LogP contribution >= 0.6 is 11.6 Å². The Hall–Kier alpha value is -1.28. The normalized spacial score (nSPS) is 20.9. The summed E-state index contributed by atoms with van der Waals surface area (Å²) in [5.41, 5.74) is 3.24. The zero-order chi connectivity index (χ0) is 13.5. The average molecular weight is 264 g/mol. The van der Waals surface area contributed by atoms with E-state index in [2.05, 4.69) is 30.9 Å². The van der Waals surface area contributed by atoms with Crippen molar-refractivity contribution in [2.75, 3.05) is 11.9 Å². The number of anilines is 1. The molecule has 0 aromatic heterocycles. The molecule has 0 spiro atoms. The third kappa shape index (κ3) is 1.95. The molecule has 1 aromatic carbocycles. The Labute approximate surface area is 113 Å². The Morgan fingerprint density at radius 1 is 1.39 bits per heavy atom. The lowest BCUT2D eigenvalue weighted by molar-refractivity contribution is -0.114. The van der Waals surface area contributed by atoms with Gasteiger partial charge in [-0.15, -0.1) is 11.6 Å². The number of ketones is 1. The lowest BCUT2D eigenvalue weighted by Gasteiger charge is -2.24. The molecule has 96 valence electrons. The van der Waals surface area contributed by atoms with Gasteiger partial charge in [0.1, 0.15) is 0 Å². The number of allylic oxidation sites excluding steroid dienone is 2. The van der Waals surface area contributed by atoms with Crippen LogP contribution in [0.5, 0.6) is 0 Å². The summed E-state index contributed by atoms with van der Waals surface area (Å²) >= 11 is 5.85. The molecule has 1 unspecified atom stereocenters. The van der Waals surface area contributed by atoms with E-state index in [1.807, 2.05) is 19.2 Å². The number of rotatable bonds is 2. The van der Waals surface area contributed by atoms with Crippen molar-refractivity contribution >= 4 is 23.1 Å². The molecule has 0 aliphatic carbocycles. The highest BCUT2D eigenvalue weighted by atomic mass is 35.5. The molecule has 0 bridgehead atoms. The van der Waals surface area contributed by atoms with Gasteiger partial charge < -0.3 is 4.90 Å². The van der Waals surface area contributed by atoms with Gasteiger partial charge in [-0.1, -0.05) is 32.0 Å². The minimum atomic E-state index is -0.481.